The molecule has 0 unspecified atom stereocenters. The standard InChI is InChI=1S/C10H10ClN3O/c1-10(2)9(15)13-8(14-10)6-3-4-7(11)12-5-6/h3-5H,1-2H3,(H,13,14,15). The number of hydrogen-bond acceptors (Lipinski definition) is 3. The number of nitrogens with zero attached hydrogens (tertiary/aromatic N) is 2. The van der Waals surface area contributed by atoms with E-state index >= 15 is 0 Å². The first-order chi connectivity index (χ1) is 6.99. The van der Waals surface area contributed by atoms with Crippen LogP contribution in [0.15, 0.2) is 23.3 Å². The molecule has 0 saturated carbocycles. The average Bonchev–Trinajstić information content (AvgIpc) is 2.42. The Labute approximate surface area is 92.4 Å². The molecular formula is C10H10ClN3O. The first kappa shape index (κ1) is 10.1. The lowest BCUT2D eigenvalue weighted by Gasteiger charge is -2.07. The lowest BCUT2D eigenvalue weighted by molar-refractivity contribution is -0.122. The van der Waals surface area contributed by atoms with E-state index in [-0.39, 0.29) is 5.91 Å². The van der Waals surface area contributed by atoms with Crippen LogP contribution in [-0.2, 0) is 4.79 Å². The molecule has 4 nitrogen and oxygen atoms in total. The van der Waals surface area contributed by atoms with E-state index in [4.69, 9.17) is 11.6 Å². The molecule has 0 saturated heterocycles. The van der Waals surface area contributed by atoms with Crippen LogP contribution in [0.25, 0.3) is 0 Å². The molecule has 78 valence electrons. The van der Waals surface area contributed by atoms with Gasteiger partial charge in [-0.1, -0.05) is 11.6 Å². The Morgan fingerprint density at radius 3 is 2.60 bits per heavy atom. The summed E-state index contributed by atoms with van der Waals surface area (Å²) in [6.07, 6.45) is 1.59. The van der Waals surface area contributed by atoms with Gasteiger partial charge in [0.2, 0.25) is 0 Å². The molecule has 0 bridgehead atoms. The molecule has 1 aliphatic rings. The highest BCUT2D eigenvalue weighted by molar-refractivity contribution is 6.29. The van der Waals surface area contributed by atoms with Crippen LogP contribution in [0.5, 0.6) is 0 Å². The number of rotatable bonds is 1. The highest BCUT2D eigenvalue weighted by Crippen LogP contribution is 2.17. The molecule has 1 aliphatic heterocycles. The number of hydrogen-bond donors (Lipinski definition) is 1. The van der Waals surface area contributed by atoms with Gasteiger partial charge in [-0.3, -0.25) is 9.79 Å². The van der Waals surface area contributed by atoms with Crippen LogP contribution in [-0.4, -0.2) is 22.3 Å². The summed E-state index contributed by atoms with van der Waals surface area (Å²) < 4.78 is 0. The molecule has 0 radical (unpaired) electrons. The Kier molecular flexibility index (Phi) is 2.23. The molecule has 0 atom stereocenters. The van der Waals surface area contributed by atoms with Crippen LogP contribution in [0.4, 0.5) is 0 Å². The Hall–Kier alpha value is -1.42. The van der Waals surface area contributed by atoms with Gasteiger partial charge in [0.15, 0.2) is 0 Å². The van der Waals surface area contributed by atoms with Gasteiger partial charge in [-0.2, -0.15) is 0 Å². The zero-order valence-corrected chi connectivity index (χ0v) is 9.17. The molecule has 1 amide bonds. The fraction of sp³-hybridized carbons (Fsp3) is 0.300. The fourth-order valence-corrected chi connectivity index (χ4v) is 1.38. The summed E-state index contributed by atoms with van der Waals surface area (Å²) in [7, 11) is 0. The first-order valence-corrected chi connectivity index (χ1v) is 4.90. The van der Waals surface area contributed by atoms with Crippen molar-refractivity contribution in [3.63, 3.8) is 0 Å². The maximum Gasteiger partial charge on any atom is 0.252 e. The summed E-state index contributed by atoms with van der Waals surface area (Å²) in [5.41, 5.74) is 0.0629. The Morgan fingerprint density at radius 2 is 2.13 bits per heavy atom. The third-order valence-corrected chi connectivity index (χ3v) is 2.40. The zero-order valence-electron chi connectivity index (χ0n) is 8.41. The van der Waals surface area contributed by atoms with Crippen LogP contribution >= 0.6 is 11.6 Å². The molecule has 2 heterocycles. The molecule has 1 N–H and O–H groups in total. The third-order valence-electron chi connectivity index (χ3n) is 2.18. The van der Waals surface area contributed by atoms with Crippen molar-refractivity contribution in [3.05, 3.63) is 29.0 Å². The highest BCUT2D eigenvalue weighted by atomic mass is 35.5. The van der Waals surface area contributed by atoms with Crippen molar-refractivity contribution in [1.82, 2.24) is 10.3 Å². The van der Waals surface area contributed by atoms with Crippen molar-refractivity contribution in [3.8, 4) is 0 Å². The minimum atomic E-state index is -0.699. The molecule has 0 aliphatic carbocycles. The number of amides is 1. The van der Waals surface area contributed by atoms with E-state index in [9.17, 15) is 4.79 Å². The number of pyridine rings is 1. The number of carbonyl (C=O) groups excluding carboxylic acids is 1. The van der Waals surface area contributed by atoms with Gasteiger partial charge < -0.3 is 5.32 Å². The smallest absolute Gasteiger partial charge is 0.252 e. The molecule has 2 rings (SSSR count). The Morgan fingerprint density at radius 1 is 1.40 bits per heavy atom. The maximum atomic E-state index is 11.5. The van der Waals surface area contributed by atoms with E-state index in [1.54, 1.807) is 32.2 Å². The summed E-state index contributed by atoms with van der Waals surface area (Å²) in [6.45, 7) is 3.53. The maximum absolute atomic E-state index is 11.5. The summed E-state index contributed by atoms with van der Waals surface area (Å²) in [6, 6.07) is 3.44. The van der Waals surface area contributed by atoms with E-state index in [2.05, 4.69) is 15.3 Å². The molecule has 0 aromatic carbocycles. The van der Waals surface area contributed by atoms with Gasteiger partial charge in [-0.15, -0.1) is 0 Å². The molecule has 5 heteroatoms. The van der Waals surface area contributed by atoms with E-state index in [1.165, 1.54) is 0 Å². The average molecular weight is 224 g/mol. The lowest BCUT2D eigenvalue weighted by atomic mass is 10.1. The van der Waals surface area contributed by atoms with Crippen LogP contribution in [0.2, 0.25) is 5.15 Å². The monoisotopic (exact) mass is 223 g/mol. The van der Waals surface area contributed by atoms with Gasteiger partial charge in [0.1, 0.15) is 16.5 Å². The zero-order chi connectivity index (χ0) is 11.1. The molecular weight excluding hydrogens is 214 g/mol. The van der Waals surface area contributed by atoms with Crippen LogP contribution in [0, 0.1) is 0 Å². The van der Waals surface area contributed by atoms with Crippen molar-refractivity contribution in [2.24, 2.45) is 4.99 Å². The predicted molar refractivity (Wildman–Crippen MR) is 58.0 cm³/mol. The quantitative estimate of drug-likeness (QED) is 0.732. The molecule has 1 aromatic heterocycles. The summed E-state index contributed by atoms with van der Waals surface area (Å²) >= 11 is 5.66. The topological polar surface area (TPSA) is 54.4 Å². The Bertz CT molecular complexity index is 436. The number of nitrogens with one attached hydrogen (secondary N) is 1. The first-order valence-electron chi connectivity index (χ1n) is 4.52. The molecule has 0 fully saturated rings. The minimum Gasteiger partial charge on any atom is -0.308 e. The van der Waals surface area contributed by atoms with Gasteiger partial charge in [-0.05, 0) is 26.0 Å². The van der Waals surface area contributed by atoms with E-state index in [0.717, 1.165) is 5.56 Å². The number of halogens is 1. The van der Waals surface area contributed by atoms with Crippen molar-refractivity contribution in [1.29, 1.82) is 0 Å². The second-order valence-corrected chi connectivity index (χ2v) is 4.23. The van der Waals surface area contributed by atoms with Crippen molar-refractivity contribution >= 4 is 23.3 Å². The number of aliphatic imine (C=N–C) groups is 1. The second kappa shape index (κ2) is 3.31. The second-order valence-electron chi connectivity index (χ2n) is 3.84. The van der Waals surface area contributed by atoms with Gasteiger partial charge in [0.25, 0.3) is 5.91 Å². The predicted octanol–water partition coefficient (Wildman–Crippen LogP) is 1.39. The van der Waals surface area contributed by atoms with Gasteiger partial charge in [0, 0.05) is 11.8 Å². The highest BCUT2D eigenvalue weighted by Gasteiger charge is 2.34. The van der Waals surface area contributed by atoms with Crippen molar-refractivity contribution in [2.45, 2.75) is 19.4 Å². The minimum absolute atomic E-state index is 0.104. The van der Waals surface area contributed by atoms with Crippen LogP contribution < -0.4 is 5.32 Å². The number of carbonyl (C=O) groups is 1. The fourth-order valence-electron chi connectivity index (χ4n) is 1.27. The SMILES string of the molecule is CC1(C)N=C(c2ccc(Cl)nc2)NC1=O. The van der Waals surface area contributed by atoms with Crippen molar-refractivity contribution < 1.29 is 4.79 Å². The van der Waals surface area contributed by atoms with E-state index < -0.39 is 5.54 Å². The summed E-state index contributed by atoms with van der Waals surface area (Å²) in [4.78, 5) is 19.7. The number of aromatic nitrogens is 1. The Balaban J connectivity index is 2.35. The molecule has 0 spiro atoms. The van der Waals surface area contributed by atoms with Gasteiger partial charge >= 0.3 is 0 Å². The van der Waals surface area contributed by atoms with Crippen LogP contribution in [0.3, 0.4) is 0 Å². The summed E-state index contributed by atoms with van der Waals surface area (Å²) in [5, 5.41) is 3.13. The third kappa shape index (κ3) is 1.85. The lowest BCUT2D eigenvalue weighted by Crippen LogP contribution is -2.34. The van der Waals surface area contributed by atoms with E-state index in [1.807, 2.05) is 0 Å². The summed E-state index contributed by atoms with van der Waals surface area (Å²) in [5.74, 6) is 0.446. The van der Waals surface area contributed by atoms with Crippen molar-refractivity contribution in [2.75, 3.05) is 0 Å². The number of amidine groups is 1. The van der Waals surface area contributed by atoms with Gasteiger partial charge in [-0.25, -0.2) is 4.98 Å². The van der Waals surface area contributed by atoms with Gasteiger partial charge in [0.05, 0.1) is 0 Å². The van der Waals surface area contributed by atoms with Crippen LogP contribution in [0.1, 0.15) is 19.4 Å². The van der Waals surface area contributed by atoms with E-state index in [0.29, 0.717) is 11.0 Å². The molecule has 1 aromatic rings. The normalized spacial score (nSPS) is 18.6. The largest absolute Gasteiger partial charge is 0.308 e. The molecule has 15 heavy (non-hydrogen) atoms.